The van der Waals surface area contributed by atoms with E-state index in [0.717, 1.165) is 12.3 Å². The SMILES string of the molecule is [CH]=CCCC1CCCC1. The average molecular weight is 123 g/mol. The first-order valence-corrected chi connectivity index (χ1v) is 3.97. The Balaban J connectivity index is 2.04. The van der Waals surface area contributed by atoms with E-state index in [2.05, 4.69) is 0 Å². The molecule has 9 heavy (non-hydrogen) atoms. The van der Waals surface area contributed by atoms with Gasteiger partial charge in [-0.1, -0.05) is 38.3 Å². The Morgan fingerprint density at radius 2 is 2.00 bits per heavy atom. The third-order valence-corrected chi connectivity index (χ3v) is 2.22. The third-order valence-electron chi connectivity index (χ3n) is 2.22. The third kappa shape index (κ3) is 2.21. The molecule has 0 N–H and O–H groups in total. The molecule has 0 saturated heterocycles. The summed E-state index contributed by atoms with van der Waals surface area (Å²) in [5, 5.41) is 0. The van der Waals surface area contributed by atoms with E-state index in [1.165, 1.54) is 32.1 Å². The van der Waals surface area contributed by atoms with Gasteiger partial charge in [-0.25, -0.2) is 0 Å². The first-order chi connectivity index (χ1) is 4.43. The molecule has 1 radical (unpaired) electrons. The Morgan fingerprint density at radius 3 is 2.56 bits per heavy atom. The highest BCUT2D eigenvalue weighted by molar-refractivity contribution is 4.71. The van der Waals surface area contributed by atoms with Crippen molar-refractivity contribution >= 4 is 0 Å². The number of hydrogen-bond donors (Lipinski definition) is 0. The molecule has 0 aromatic carbocycles. The Kier molecular flexibility index (Phi) is 2.82. The maximum absolute atomic E-state index is 5.28. The molecule has 0 aliphatic heterocycles. The highest BCUT2D eigenvalue weighted by atomic mass is 14.2. The second kappa shape index (κ2) is 3.71. The zero-order valence-corrected chi connectivity index (χ0v) is 5.97. The van der Waals surface area contributed by atoms with Crippen LogP contribution in [0, 0.1) is 12.5 Å². The van der Waals surface area contributed by atoms with Gasteiger partial charge in [0.2, 0.25) is 0 Å². The molecule has 1 aliphatic carbocycles. The van der Waals surface area contributed by atoms with Crippen LogP contribution in [0.4, 0.5) is 0 Å². The fourth-order valence-electron chi connectivity index (χ4n) is 1.63. The van der Waals surface area contributed by atoms with Gasteiger partial charge >= 0.3 is 0 Å². The van der Waals surface area contributed by atoms with Gasteiger partial charge in [-0.15, -0.1) is 0 Å². The maximum atomic E-state index is 5.28. The molecule has 0 heteroatoms. The molecule has 51 valence electrons. The van der Waals surface area contributed by atoms with E-state index in [1.54, 1.807) is 6.08 Å². The van der Waals surface area contributed by atoms with Gasteiger partial charge in [0.25, 0.3) is 0 Å². The van der Waals surface area contributed by atoms with Crippen molar-refractivity contribution in [2.75, 3.05) is 0 Å². The number of allylic oxidation sites excluding steroid dienone is 1. The van der Waals surface area contributed by atoms with Crippen LogP contribution in [-0.4, -0.2) is 0 Å². The molecule has 1 saturated carbocycles. The van der Waals surface area contributed by atoms with E-state index >= 15 is 0 Å². The predicted octanol–water partition coefficient (Wildman–Crippen LogP) is 2.95. The van der Waals surface area contributed by atoms with Crippen LogP contribution in [0.2, 0.25) is 0 Å². The average Bonchev–Trinajstić information content (AvgIpc) is 2.34. The first kappa shape index (κ1) is 6.85. The second-order valence-corrected chi connectivity index (χ2v) is 2.96. The Labute approximate surface area is 58.0 Å². The van der Waals surface area contributed by atoms with Crippen LogP contribution in [-0.2, 0) is 0 Å². The predicted molar refractivity (Wildman–Crippen MR) is 40.1 cm³/mol. The van der Waals surface area contributed by atoms with Gasteiger partial charge in [0.05, 0.1) is 0 Å². The number of rotatable bonds is 3. The molecule has 1 fully saturated rings. The molecule has 0 atom stereocenters. The van der Waals surface area contributed by atoms with Crippen LogP contribution < -0.4 is 0 Å². The fourth-order valence-corrected chi connectivity index (χ4v) is 1.63. The van der Waals surface area contributed by atoms with Crippen molar-refractivity contribution in [2.24, 2.45) is 5.92 Å². The summed E-state index contributed by atoms with van der Waals surface area (Å²) in [5.74, 6) is 1.00. The van der Waals surface area contributed by atoms with Crippen LogP contribution >= 0.6 is 0 Å². The van der Waals surface area contributed by atoms with Crippen molar-refractivity contribution in [1.82, 2.24) is 0 Å². The fraction of sp³-hybridized carbons (Fsp3) is 0.778. The Morgan fingerprint density at radius 1 is 1.33 bits per heavy atom. The zero-order chi connectivity index (χ0) is 6.53. The molecule has 0 bridgehead atoms. The molecule has 1 rings (SSSR count). The van der Waals surface area contributed by atoms with Gasteiger partial charge in [-0.05, 0) is 18.8 Å². The summed E-state index contributed by atoms with van der Waals surface area (Å²) in [6, 6.07) is 0. The highest BCUT2D eigenvalue weighted by Gasteiger charge is 2.12. The molecule has 1 aliphatic rings. The minimum absolute atomic E-state index is 1.00. The Bertz CT molecular complexity index is 78.0. The molecule has 0 amide bonds. The molecule has 0 nitrogen and oxygen atoms in total. The van der Waals surface area contributed by atoms with Crippen LogP contribution in [0.5, 0.6) is 0 Å². The van der Waals surface area contributed by atoms with E-state index in [-0.39, 0.29) is 0 Å². The molecule has 0 spiro atoms. The summed E-state index contributed by atoms with van der Waals surface area (Å²) >= 11 is 0. The van der Waals surface area contributed by atoms with Crippen LogP contribution in [0.3, 0.4) is 0 Å². The van der Waals surface area contributed by atoms with Crippen molar-refractivity contribution < 1.29 is 0 Å². The summed E-state index contributed by atoms with van der Waals surface area (Å²) in [4.78, 5) is 0. The van der Waals surface area contributed by atoms with Crippen molar-refractivity contribution in [3.8, 4) is 0 Å². The lowest BCUT2D eigenvalue weighted by atomic mass is 10.0. The van der Waals surface area contributed by atoms with Crippen LogP contribution in [0.1, 0.15) is 38.5 Å². The second-order valence-electron chi connectivity index (χ2n) is 2.96. The largest absolute Gasteiger partial charge is 0.0845 e. The van der Waals surface area contributed by atoms with Gasteiger partial charge in [0.15, 0.2) is 0 Å². The Hall–Kier alpha value is -0.260. The van der Waals surface area contributed by atoms with Crippen LogP contribution in [0.15, 0.2) is 6.08 Å². The van der Waals surface area contributed by atoms with Crippen LogP contribution in [0.25, 0.3) is 0 Å². The van der Waals surface area contributed by atoms with Gasteiger partial charge in [0.1, 0.15) is 0 Å². The van der Waals surface area contributed by atoms with Gasteiger partial charge in [0, 0.05) is 0 Å². The van der Waals surface area contributed by atoms with E-state index in [9.17, 15) is 0 Å². The molecule has 0 aromatic heterocycles. The highest BCUT2D eigenvalue weighted by Crippen LogP contribution is 2.28. The monoisotopic (exact) mass is 123 g/mol. The normalized spacial score (nSPS) is 20.4. The minimum Gasteiger partial charge on any atom is -0.0845 e. The zero-order valence-electron chi connectivity index (χ0n) is 5.97. The van der Waals surface area contributed by atoms with Crippen molar-refractivity contribution in [1.29, 1.82) is 0 Å². The van der Waals surface area contributed by atoms with Crippen molar-refractivity contribution in [2.45, 2.75) is 38.5 Å². The quantitative estimate of drug-likeness (QED) is 0.541. The summed E-state index contributed by atoms with van der Waals surface area (Å²) < 4.78 is 0. The van der Waals surface area contributed by atoms with E-state index in [0.29, 0.717) is 0 Å². The van der Waals surface area contributed by atoms with Crippen molar-refractivity contribution in [3.05, 3.63) is 12.7 Å². The molecular formula is C9H15. The molecule has 0 unspecified atom stereocenters. The molecular weight excluding hydrogens is 108 g/mol. The maximum Gasteiger partial charge on any atom is -0.0345 e. The first-order valence-electron chi connectivity index (χ1n) is 3.97. The lowest BCUT2D eigenvalue weighted by molar-refractivity contribution is 0.509. The number of hydrogen-bond acceptors (Lipinski definition) is 0. The van der Waals surface area contributed by atoms with E-state index in [1.807, 2.05) is 0 Å². The summed E-state index contributed by atoms with van der Waals surface area (Å²) in [7, 11) is 0. The smallest absolute Gasteiger partial charge is 0.0345 e. The van der Waals surface area contributed by atoms with Crippen molar-refractivity contribution in [3.63, 3.8) is 0 Å². The lowest BCUT2D eigenvalue weighted by Crippen LogP contribution is -1.90. The van der Waals surface area contributed by atoms with E-state index < -0.39 is 0 Å². The lowest BCUT2D eigenvalue weighted by Gasteiger charge is -2.03. The summed E-state index contributed by atoms with van der Waals surface area (Å²) in [5.41, 5.74) is 0. The van der Waals surface area contributed by atoms with Gasteiger partial charge in [-0.3, -0.25) is 0 Å². The molecule has 0 aromatic rings. The molecule has 0 heterocycles. The minimum atomic E-state index is 1.00. The van der Waals surface area contributed by atoms with Gasteiger partial charge < -0.3 is 0 Å². The summed E-state index contributed by atoms with van der Waals surface area (Å²) in [6.45, 7) is 5.28. The standard InChI is InChI=1S/C9H15/c1-2-3-6-9-7-4-5-8-9/h1-2,9H,3-8H2. The van der Waals surface area contributed by atoms with Gasteiger partial charge in [-0.2, -0.15) is 0 Å². The van der Waals surface area contributed by atoms with E-state index in [4.69, 9.17) is 6.58 Å². The topological polar surface area (TPSA) is 0 Å². The summed E-state index contributed by atoms with van der Waals surface area (Å²) in [6.07, 6.45) is 10.0.